The smallest absolute Gasteiger partial charge is 0.101 e. The zero-order chi connectivity index (χ0) is 35.8. The zero-order valence-corrected chi connectivity index (χ0v) is 35.3. The maximum absolute atomic E-state index is 2.73. The Kier molecular flexibility index (Phi) is 37.5. The van der Waals surface area contributed by atoms with Crippen molar-refractivity contribution in [3.63, 3.8) is 0 Å². The second-order valence-corrected chi connectivity index (χ2v) is 16.8. The van der Waals surface area contributed by atoms with Crippen LogP contribution in [0.25, 0.3) is 0 Å². The Morgan fingerprint density at radius 2 is 0.460 bits per heavy atom. The van der Waals surface area contributed by atoms with E-state index < -0.39 is 0 Å². The molecule has 0 radical (unpaired) electrons. The van der Waals surface area contributed by atoms with Crippen molar-refractivity contribution in [3.05, 3.63) is 12.4 Å². The lowest BCUT2D eigenvalue weighted by atomic mass is 10.0. The molecule has 0 spiro atoms. The fourth-order valence-corrected chi connectivity index (χ4v) is 8.31. The molecule has 1 aliphatic heterocycles. The molecular weight excluding hydrogens is 605 g/mol. The summed E-state index contributed by atoms with van der Waals surface area (Å²) in [4.78, 5) is 5.46. The Balaban J connectivity index is 2.16. The molecule has 0 saturated heterocycles. The summed E-state index contributed by atoms with van der Waals surface area (Å²) < 4.78 is 0. The first-order valence-corrected chi connectivity index (χ1v) is 24.0. The number of hydrogen-bond donors (Lipinski definition) is 0. The average molecular weight is 701 g/mol. The molecule has 1 heterocycles. The minimum Gasteiger partial charge on any atom is -0.356 e. The molecule has 0 aliphatic carbocycles. The molecule has 0 aromatic heterocycles. The van der Waals surface area contributed by atoms with Gasteiger partial charge in [0.25, 0.3) is 0 Å². The number of nitrogens with zero attached hydrogens (tertiary/aromatic N) is 2. The van der Waals surface area contributed by atoms with Crippen LogP contribution in [0.5, 0.6) is 0 Å². The van der Waals surface area contributed by atoms with E-state index in [0.717, 1.165) is 0 Å². The first-order chi connectivity index (χ1) is 24.8. The highest BCUT2D eigenvalue weighted by molar-refractivity contribution is 4.97. The van der Waals surface area contributed by atoms with Gasteiger partial charge in [-0.15, -0.1) is 0 Å². The minimum atomic E-state index is 0.637. The van der Waals surface area contributed by atoms with E-state index in [1.165, 1.54) is 270 Å². The van der Waals surface area contributed by atoms with E-state index in [4.69, 9.17) is 0 Å². The highest BCUT2D eigenvalue weighted by atomic mass is 15.4. The predicted octanol–water partition coefficient (Wildman–Crippen LogP) is 17.1. The van der Waals surface area contributed by atoms with Gasteiger partial charge in [0.05, 0.1) is 0 Å². The van der Waals surface area contributed by atoms with E-state index in [9.17, 15) is 0 Å². The molecule has 298 valence electrons. The van der Waals surface area contributed by atoms with Crippen molar-refractivity contribution >= 4 is 0 Å². The lowest BCUT2D eigenvalue weighted by Crippen LogP contribution is -2.39. The first kappa shape index (κ1) is 47.4. The summed E-state index contributed by atoms with van der Waals surface area (Å²) in [6.07, 6.45) is 63.4. The van der Waals surface area contributed by atoms with E-state index in [-0.39, 0.29) is 0 Å². The van der Waals surface area contributed by atoms with E-state index in [1.807, 2.05) is 0 Å². The highest BCUT2D eigenvalue weighted by Gasteiger charge is 2.24. The van der Waals surface area contributed by atoms with Gasteiger partial charge in [0, 0.05) is 25.5 Å². The molecule has 0 aromatic rings. The van der Waals surface area contributed by atoms with Crippen molar-refractivity contribution in [3.8, 4) is 0 Å². The third-order valence-corrected chi connectivity index (χ3v) is 11.8. The molecule has 2 nitrogen and oxygen atoms in total. The first-order valence-electron chi connectivity index (χ1n) is 24.0. The molecule has 0 aromatic carbocycles. The van der Waals surface area contributed by atoms with Crippen LogP contribution in [0.15, 0.2) is 12.4 Å². The quantitative estimate of drug-likeness (QED) is 0.0585. The molecule has 1 rings (SSSR count). The normalized spacial score (nSPS) is 14.5. The van der Waals surface area contributed by atoms with Gasteiger partial charge in [0.1, 0.15) is 6.17 Å². The summed E-state index contributed by atoms with van der Waals surface area (Å²) in [6, 6.07) is 0. The Labute approximate surface area is 318 Å². The van der Waals surface area contributed by atoms with Gasteiger partial charge in [-0.05, 0) is 25.7 Å². The molecule has 50 heavy (non-hydrogen) atoms. The molecule has 0 bridgehead atoms. The van der Waals surface area contributed by atoms with Gasteiger partial charge < -0.3 is 9.80 Å². The average Bonchev–Trinajstić information content (AvgIpc) is 3.51. The third kappa shape index (κ3) is 30.9. The molecular formula is C48H96N2. The predicted molar refractivity (Wildman–Crippen MR) is 228 cm³/mol. The number of rotatable bonds is 42. The van der Waals surface area contributed by atoms with E-state index >= 15 is 0 Å². The van der Waals surface area contributed by atoms with Crippen molar-refractivity contribution < 1.29 is 0 Å². The van der Waals surface area contributed by atoms with Gasteiger partial charge >= 0.3 is 0 Å². The maximum Gasteiger partial charge on any atom is 0.101 e. The maximum atomic E-state index is 2.73. The summed E-state index contributed by atoms with van der Waals surface area (Å²) in [5, 5.41) is 0. The van der Waals surface area contributed by atoms with Crippen LogP contribution >= 0.6 is 0 Å². The molecule has 1 atom stereocenters. The SMILES string of the molecule is CCCCCCCCCCCCCCCCCCN1C=CN(CCCCCCCCCC)C1CCCCCCCCCCCCCCCCC. The Bertz CT molecular complexity index is 659. The van der Waals surface area contributed by atoms with Crippen LogP contribution in [-0.2, 0) is 0 Å². The van der Waals surface area contributed by atoms with E-state index in [0.29, 0.717) is 6.17 Å². The Morgan fingerprint density at radius 3 is 0.700 bits per heavy atom. The second kappa shape index (κ2) is 39.5. The fraction of sp³-hybridized carbons (Fsp3) is 0.958. The van der Waals surface area contributed by atoms with Crippen LogP contribution in [0.1, 0.15) is 278 Å². The van der Waals surface area contributed by atoms with Crippen LogP contribution < -0.4 is 0 Å². The molecule has 1 aliphatic rings. The fourth-order valence-electron chi connectivity index (χ4n) is 8.31. The van der Waals surface area contributed by atoms with Crippen LogP contribution in [0.2, 0.25) is 0 Å². The number of hydrogen-bond acceptors (Lipinski definition) is 2. The largest absolute Gasteiger partial charge is 0.356 e. The van der Waals surface area contributed by atoms with Crippen molar-refractivity contribution in [1.29, 1.82) is 0 Å². The van der Waals surface area contributed by atoms with Crippen LogP contribution in [0.4, 0.5) is 0 Å². The summed E-state index contributed by atoms with van der Waals surface area (Å²) >= 11 is 0. The highest BCUT2D eigenvalue weighted by Crippen LogP contribution is 2.24. The van der Waals surface area contributed by atoms with Crippen LogP contribution in [0, 0.1) is 0 Å². The van der Waals surface area contributed by atoms with Crippen molar-refractivity contribution in [1.82, 2.24) is 9.80 Å². The molecule has 1 unspecified atom stereocenters. The zero-order valence-electron chi connectivity index (χ0n) is 35.3. The van der Waals surface area contributed by atoms with Gasteiger partial charge in [0.2, 0.25) is 0 Å². The number of unbranched alkanes of at least 4 members (excludes halogenated alkanes) is 36. The summed E-state index contributed by atoms with van der Waals surface area (Å²) in [5.41, 5.74) is 0. The molecule has 0 fully saturated rings. The standard InChI is InChI=1S/C48H96N2/c1-4-7-10-13-16-19-21-23-25-27-29-31-33-36-39-42-45-50-47-46-49(44-41-38-35-18-15-12-9-6-3)48(50)43-40-37-34-32-30-28-26-24-22-20-17-14-11-8-5-2/h46-48H,4-45H2,1-3H3. The van der Waals surface area contributed by atoms with Crippen LogP contribution in [-0.4, -0.2) is 29.1 Å². The lowest BCUT2D eigenvalue weighted by molar-refractivity contribution is 0.135. The summed E-state index contributed by atoms with van der Waals surface area (Å²) in [6.45, 7) is 9.49. The minimum absolute atomic E-state index is 0.637. The molecule has 0 amide bonds. The molecule has 0 saturated carbocycles. The lowest BCUT2D eigenvalue weighted by Gasteiger charge is -2.33. The summed E-state index contributed by atoms with van der Waals surface area (Å²) in [5.74, 6) is 0. The van der Waals surface area contributed by atoms with Gasteiger partial charge in [-0.3, -0.25) is 0 Å². The van der Waals surface area contributed by atoms with Gasteiger partial charge in [-0.1, -0.05) is 252 Å². The molecule has 2 heteroatoms. The van der Waals surface area contributed by atoms with Crippen molar-refractivity contribution in [2.45, 2.75) is 284 Å². The Hall–Kier alpha value is -0.660. The molecule has 0 N–H and O–H groups in total. The second-order valence-electron chi connectivity index (χ2n) is 16.8. The van der Waals surface area contributed by atoms with Crippen LogP contribution in [0.3, 0.4) is 0 Å². The van der Waals surface area contributed by atoms with Gasteiger partial charge in [-0.2, -0.15) is 0 Å². The third-order valence-electron chi connectivity index (χ3n) is 11.8. The Morgan fingerprint density at radius 1 is 0.260 bits per heavy atom. The van der Waals surface area contributed by atoms with Crippen molar-refractivity contribution in [2.75, 3.05) is 13.1 Å². The monoisotopic (exact) mass is 701 g/mol. The topological polar surface area (TPSA) is 6.48 Å². The van der Waals surface area contributed by atoms with Gasteiger partial charge in [0.15, 0.2) is 0 Å². The van der Waals surface area contributed by atoms with Crippen molar-refractivity contribution in [2.24, 2.45) is 0 Å². The summed E-state index contributed by atoms with van der Waals surface area (Å²) in [7, 11) is 0. The van der Waals surface area contributed by atoms with E-state index in [2.05, 4.69) is 43.0 Å². The van der Waals surface area contributed by atoms with Gasteiger partial charge in [-0.25, -0.2) is 0 Å². The van der Waals surface area contributed by atoms with E-state index in [1.54, 1.807) is 0 Å².